The predicted molar refractivity (Wildman–Crippen MR) is 89.1 cm³/mol. The number of fused-ring (bicyclic) bond motifs is 1. The minimum absolute atomic E-state index is 0.189. The molecule has 0 atom stereocenters. The molecule has 2 heterocycles. The normalized spacial score (nSPS) is 14.3. The fourth-order valence-corrected chi connectivity index (χ4v) is 3.43. The van der Waals surface area contributed by atoms with Crippen molar-refractivity contribution in [1.29, 1.82) is 0 Å². The van der Waals surface area contributed by atoms with Crippen molar-refractivity contribution in [3.63, 3.8) is 0 Å². The SMILES string of the molecule is CCc1cccc(C)c1NC(=O)c1nn2c(C3CC3)nnc2s1. The fourth-order valence-electron chi connectivity index (χ4n) is 2.69. The van der Waals surface area contributed by atoms with Gasteiger partial charge in [0, 0.05) is 11.6 Å². The molecule has 0 radical (unpaired) electrons. The van der Waals surface area contributed by atoms with Crippen LogP contribution in [0.2, 0.25) is 0 Å². The summed E-state index contributed by atoms with van der Waals surface area (Å²) in [6.07, 6.45) is 3.13. The summed E-state index contributed by atoms with van der Waals surface area (Å²) in [6.45, 7) is 4.08. The maximum absolute atomic E-state index is 12.6. The monoisotopic (exact) mass is 327 g/mol. The van der Waals surface area contributed by atoms with Crippen LogP contribution in [0.5, 0.6) is 0 Å². The van der Waals surface area contributed by atoms with Crippen molar-refractivity contribution in [3.8, 4) is 0 Å². The summed E-state index contributed by atoms with van der Waals surface area (Å²) in [6, 6.07) is 6.04. The lowest BCUT2D eigenvalue weighted by Gasteiger charge is -2.11. The number of carbonyl (C=O) groups excluding carboxylic acids is 1. The van der Waals surface area contributed by atoms with Gasteiger partial charge in [0.1, 0.15) is 0 Å². The van der Waals surface area contributed by atoms with Crippen molar-refractivity contribution in [1.82, 2.24) is 19.8 Å². The molecule has 1 aromatic carbocycles. The number of aryl methyl sites for hydroxylation is 2. The van der Waals surface area contributed by atoms with Gasteiger partial charge in [-0.15, -0.1) is 15.3 Å². The Bertz CT molecular complexity index is 893. The molecule has 6 nitrogen and oxygen atoms in total. The second kappa shape index (κ2) is 5.42. The highest BCUT2D eigenvalue weighted by Crippen LogP contribution is 2.39. The highest BCUT2D eigenvalue weighted by Gasteiger charge is 2.30. The lowest BCUT2D eigenvalue weighted by Crippen LogP contribution is -2.14. The van der Waals surface area contributed by atoms with Gasteiger partial charge in [-0.2, -0.15) is 4.52 Å². The second-order valence-electron chi connectivity index (χ2n) is 5.85. The van der Waals surface area contributed by atoms with Crippen molar-refractivity contribution in [2.75, 3.05) is 5.32 Å². The van der Waals surface area contributed by atoms with E-state index < -0.39 is 0 Å². The number of para-hydroxylation sites is 1. The summed E-state index contributed by atoms with van der Waals surface area (Å²) >= 11 is 1.28. The molecule has 0 saturated heterocycles. The number of nitrogens with zero attached hydrogens (tertiary/aromatic N) is 4. The molecule has 0 bridgehead atoms. The summed E-state index contributed by atoms with van der Waals surface area (Å²) in [4.78, 5) is 13.3. The molecule has 1 aliphatic rings. The van der Waals surface area contributed by atoms with Gasteiger partial charge >= 0.3 is 0 Å². The van der Waals surface area contributed by atoms with Crippen LogP contribution in [0.3, 0.4) is 0 Å². The van der Waals surface area contributed by atoms with Gasteiger partial charge in [-0.1, -0.05) is 36.5 Å². The molecule has 0 aliphatic heterocycles. The quantitative estimate of drug-likeness (QED) is 0.799. The van der Waals surface area contributed by atoms with E-state index in [1.54, 1.807) is 4.52 Å². The Morgan fingerprint density at radius 2 is 2.22 bits per heavy atom. The van der Waals surface area contributed by atoms with Crippen LogP contribution in [0.25, 0.3) is 4.96 Å². The Balaban J connectivity index is 1.65. The van der Waals surface area contributed by atoms with Crippen molar-refractivity contribution in [3.05, 3.63) is 40.2 Å². The second-order valence-corrected chi connectivity index (χ2v) is 6.81. The Hall–Kier alpha value is -2.28. The summed E-state index contributed by atoms with van der Waals surface area (Å²) in [5.74, 6) is 1.14. The summed E-state index contributed by atoms with van der Waals surface area (Å²) in [7, 11) is 0. The molecule has 7 heteroatoms. The molecule has 4 rings (SSSR count). The van der Waals surface area contributed by atoms with Crippen LogP contribution < -0.4 is 5.32 Å². The average molecular weight is 327 g/mol. The maximum Gasteiger partial charge on any atom is 0.286 e. The molecule has 1 aliphatic carbocycles. The molecule has 1 fully saturated rings. The minimum atomic E-state index is -0.189. The van der Waals surface area contributed by atoms with Crippen molar-refractivity contribution < 1.29 is 4.79 Å². The van der Waals surface area contributed by atoms with Crippen molar-refractivity contribution >= 4 is 27.9 Å². The van der Waals surface area contributed by atoms with Gasteiger partial charge in [0.2, 0.25) is 9.97 Å². The lowest BCUT2D eigenvalue weighted by molar-refractivity contribution is 0.102. The first-order valence-corrected chi connectivity index (χ1v) is 8.61. The van der Waals surface area contributed by atoms with Crippen LogP contribution in [0.4, 0.5) is 5.69 Å². The van der Waals surface area contributed by atoms with E-state index in [0.29, 0.717) is 15.9 Å². The number of carbonyl (C=O) groups is 1. The van der Waals surface area contributed by atoms with E-state index in [-0.39, 0.29) is 5.91 Å². The van der Waals surface area contributed by atoms with Crippen molar-refractivity contribution in [2.24, 2.45) is 0 Å². The average Bonchev–Trinajstić information content (AvgIpc) is 3.17. The number of hydrogen-bond donors (Lipinski definition) is 1. The van der Waals surface area contributed by atoms with Crippen LogP contribution >= 0.6 is 11.3 Å². The molecule has 1 N–H and O–H groups in total. The number of nitrogens with one attached hydrogen (secondary N) is 1. The lowest BCUT2D eigenvalue weighted by atomic mass is 10.1. The molecule has 0 spiro atoms. The van der Waals surface area contributed by atoms with Gasteiger partial charge in [0.25, 0.3) is 5.91 Å². The molecule has 118 valence electrons. The van der Waals surface area contributed by atoms with E-state index in [9.17, 15) is 4.79 Å². The third-order valence-electron chi connectivity index (χ3n) is 4.13. The van der Waals surface area contributed by atoms with E-state index >= 15 is 0 Å². The van der Waals surface area contributed by atoms with Gasteiger partial charge in [0.05, 0.1) is 0 Å². The number of rotatable bonds is 4. The molecule has 3 aromatic rings. The number of benzene rings is 1. The van der Waals surface area contributed by atoms with Crippen LogP contribution in [-0.4, -0.2) is 25.7 Å². The van der Waals surface area contributed by atoms with Crippen LogP contribution in [0.15, 0.2) is 18.2 Å². The zero-order chi connectivity index (χ0) is 16.0. The smallest absolute Gasteiger partial charge is 0.286 e. The third kappa shape index (κ3) is 2.50. The predicted octanol–water partition coefficient (Wildman–Crippen LogP) is 3.19. The molecule has 23 heavy (non-hydrogen) atoms. The minimum Gasteiger partial charge on any atom is -0.319 e. The van der Waals surface area contributed by atoms with Gasteiger partial charge < -0.3 is 5.32 Å². The first kappa shape index (κ1) is 14.3. The van der Waals surface area contributed by atoms with Crippen LogP contribution in [0.1, 0.15) is 52.4 Å². The van der Waals surface area contributed by atoms with Crippen LogP contribution in [0, 0.1) is 6.92 Å². The Morgan fingerprint density at radius 1 is 1.39 bits per heavy atom. The zero-order valence-corrected chi connectivity index (χ0v) is 13.9. The number of aromatic nitrogens is 4. The molecular formula is C16H17N5OS. The summed E-state index contributed by atoms with van der Waals surface area (Å²) in [5.41, 5.74) is 3.06. The Kier molecular flexibility index (Phi) is 3.37. The highest BCUT2D eigenvalue weighted by atomic mass is 32.1. The van der Waals surface area contributed by atoms with E-state index in [2.05, 4.69) is 27.5 Å². The van der Waals surface area contributed by atoms with E-state index in [1.165, 1.54) is 11.3 Å². The van der Waals surface area contributed by atoms with Crippen molar-refractivity contribution in [2.45, 2.75) is 39.0 Å². The third-order valence-corrected chi connectivity index (χ3v) is 5.03. The fraction of sp³-hybridized carbons (Fsp3) is 0.375. The molecule has 0 unspecified atom stereocenters. The van der Waals surface area contributed by atoms with Gasteiger partial charge in [0.15, 0.2) is 5.82 Å². The first-order chi connectivity index (χ1) is 11.2. The van der Waals surface area contributed by atoms with E-state index in [0.717, 1.165) is 41.9 Å². The van der Waals surface area contributed by atoms with Crippen LogP contribution in [-0.2, 0) is 6.42 Å². The Morgan fingerprint density at radius 3 is 2.96 bits per heavy atom. The molecular weight excluding hydrogens is 310 g/mol. The first-order valence-electron chi connectivity index (χ1n) is 7.79. The topological polar surface area (TPSA) is 72.2 Å². The number of amides is 1. The zero-order valence-electron chi connectivity index (χ0n) is 13.0. The largest absolute Gasteiger partial charge is 0.319 e. The van der Waals surface area contributed by atoms with Gasteiger partial charge in [-0.3, -0.25) is 4.79 Å². The maximum atomic E-state index is 12.6. The summed E-state index contributed by atoms with van der Waals surface area (Å²) < 4.78 is 1.72. The number of hydrogen-bond acceptors (Lipinski definition) is 5. The number of anilines is 1. The highest BCUT2D eigenvalue weighted by molar-refractivity contribution is 7.18. The Labute approximate surface area is 137 Å². The standard InChI is InChI=1S/C16H17N5OS/c1-3-10-6-4-5-9(2)12(10)17-14(22)15-20-21-13(11-7-8-11)18-19-16(21)23-15/h4-6,11H,3,7-8H2,1-2H3,(H,17,22). The molecule has 2 aromatic heterocycles. The molecule has 1 saturated carbocycles. The van der Waals surface area contributed by atoms with E-state index in [4.69, 9.17) is 0 Å². The molecule has 1 amide bonds. The van der Waals surface area contributed by atoms with Gasteiger partial charge in [-0.25, -0.2) is 0 Å². The van der Waals surface area contributed by atoms with E-state index in [1.807, 2.05) is 25.1 Å². The van der Waals surface area contributed by atoms with Gasteiger partial charge in [-0.05, 0) is 37.3 Å². The summed E-state index contributed by atoms with van der Waals surface area (Å²) in [5, 5.41) is 16.1.